The molecule has 3 N–H and O–H groups in total. The first kappa shape index (κ1) is 19.7. The van der Waals surface area contributed by atoms with Crippen LogP contribution in [0.5, 0.6) is 0 Å². The Hall–Kier alpha value is -2.65. The predicted molar refractivity (Wildman–Crippen MR) is 114 cm³/mol. The number of hydrogen-bond acceptors (Lipinski definition) is 8. The highest BCUT2D eigenvalue weighted by Crippen LogP contribution is 2.26. The second-order valence-electron chi connectivity index (χ2n) is 7.02. The van der Waals surface area contributed by atoms with E-state index in [2.05, 4.69) is 31.8 Å². The molecule has 8 nitrogen and oxygen atoms in total. The van der Waals surface area contributed by atoms with Crippen molar-refractivity contribution in [3.8, 4) is 0 Å². The summed E-state index contributed by atoms with van der Waals surface area (Å²) in [6.07, 6.45) is 2.48. The minimum absolute atomic E-state index is 0.198. The summed E-state index contributed by atoms with van der Waals surface area (Å²) in [6.45, 7) is 5.81. The summed E-state index contributed by atoms with van der Waals surface area (Å²) < 4.78 is 8.05. The molecule has 3 aromatic rings. The van der Waals surface area contributed by atoms with Gasteiger partial charge in [-0.15, -0.1) is 0 Å². The van der Waals surface area contributed by atoms with Gasteiger partial charge in [-0.3, -0.25) is 0 Å². The highest BCUT2D eigenvalue weighted by Gasteiger charge is 2.20. The van der Waals surface area contributed by atoms with Crippen LogP contribution in [-0.2, 0) is 17.0 Å². The summed E-state index contributed by atoms with van der Waals surface area (Å²) in [5.41, 5.74) is 9.00. The van der Waals surface area contributed by atoms with Gasteiger partial charge in [0.05, 0.1) is 24.1 Å². The molecule has 1 saturated heterocycles. The number of aromatic nitrogens is 5. The molecule has 0 saturated carbocycles. The summed E-state index contributed by atoms with van der Waals surface area (Å²) >= 11 is 1.60. The van der Waals surface area contributed by atoms with Crippen LogP contribution in [0.1, 0.15) is 30.1 Å². The Morgan fingerprint density at radius 2 is 2.00 bits per heavy atom. The van der Waals surface area contributed by atoms with E-state index in [9.17, 15) is 0 Å². The quantitative estimate of drug-likeness (QED) is 0.570. The fourth-order valence-corrected chi connectivity index (χ4v) is 4.23. The van der Waals surface area contributed by atoms with Gasteiger partial charge in [-0.1, -0.05) is 30.0 Å². The summed E-state index contributed by atoms with van der Waals surface area (Å²) in [5, 5.41) is 4.12. The molecule has 3 heterocycles. The molecular formula is C20H25N7OS. The Labute approximate surface area is 174 Å². The molecule has 0 amide bonds. The zero-order valence-electron chi connectivity index (χ0n) is 16.6. The largest absolute Gasteiger partial charge is 0.376 e. The predicted octanol–water partition coefficient (Wildman–Crippen LogP) is 3.48. The number of nitrogens with two attached hydrogens (primary N) is 1. The number of imidazole rings is 1. The fourth-order valence-electron chi connectivity index (χ4n) is 3.28. The molecule has 1 atom stereocenters. The van der Waals surface area contributed by atoms with Crippen molar-refractivity contribution in [3.05, 3.63) is 47.5 Å². The molecule has 0 unspecified atom stereocenters. The lowest BCUT2D eigenvalue weighted by molar-refractivity contribution is 0.0945. The highest BCUT2D eigenvalue weighted by molar-refractivity contribution is 7.98. The van der Waals surface area contributed by atoms with Crippen molar-refractivity contribution < 1.29 is 4.74 Å². The summed E-state index contributed by atoms with van der Waals surface area (Å²) in [7, 11) is 0. The lowest BCUT2D eigenvalue weighted by atomic mass is 10.2. The van der Waals surface area contributed by atoms with Gasteiger partial charge in [0.25, 0.3) is 0 Å². The zero-order chi connectivity index (χ0) is 20.2. The molecule has 0 bridgehead atoms. The first-order valence-corrected chi connectivity index (χ1v) is 10.7. The molecule has 1 aliphatic heterocycles. The van der Waals surface area contributed by atoms with E-state index >= 15 is 0 Å². The van der Waals surface area contributed by atoms with Crippen molar-refractivity contribution in [1.82, 2.24) is 24.5 Å². The standard InChI is InChI=1S/C20H25N7OS/c1-13-14(2)27(11-16-9-6-10-28-16)20(22-13)29-12-17-24-18(21)26-19(25-17)23-15-7-4-3-5-8-15/h3-5,7-8,16H,6,9-12H2,1-2H3,(H3,21,23,24,25,26)/t16-/m1/s1. The lowest BCUT2D eigenvalue weighted by Crippen LogP contribution is -2.16. The van der Waals surface area contributed by atoms with Gasteiger partial charge in [0.1, 0.15) is 5.82 Å². The van der Waals surface area contributed by atoms with Crippen molar-refractivity contribution in [1.29, 1.82) is 0 Å². The number of nitrogens with one attached hydrogen (secondary N) is 1. The van der Waals surface area contributed by atoms with E-state index in [-0.39, 0.29) is 12.1 Å². The Bertz CT molecular complexity index is 970. The Kier molecular flexibility index (Phi) is 5.96. The molecule has 1 fully saturated rings. The van der Waals surface area contributed by atoms with Crippen molar-refractivity contribution in [2.45, 2.75) is 50.2 Å². The minimum atomic E-state index is 0.198. The van der Waals surface area contributed by atoms with Crippen molar-refractivity contribution in [2.24, 2.45) is 0 Å². The Balaban J connectivity index is 1.48. The number of para-hydroxylation sites is 1. The molecule has 152 valence electrons. The van der Waals surface area contributed by atoms with Crippen LogP contribution in [0.25, 0.3) is 0 Å². The number of anilines is 3. The van der Waals surface area contributed by atoms with E-state index in [1.807, 2.05) is 37.3 Å². The maximum absolute atomic E-state index is 5.90. The number of nitrogens with zero attached hydrogens (tertiary/aromatic N) is 5. The molecule has 1 aliphatic rings. The average Bonchev–Trinajstić information content (AvgIpc) is 3.31. The number of ether oxygens (including phenoxy) is 1. The smallest absolute Gasteiger partial charge is 0.232 e. The molecule has 0 aliphatic carbocycles. The van der Waals surface area contributed by atoms with E-state index in [1.54, 1.807) is 11.8 Å². The average molecular weight is 412 g/mol. The van der Waals surface area contributed by atoms with Crippen LogP contribution < -0.4 is 11.1 Å². The fraction of sp³-hybridized carbons (Fsp3) is 0.400. The molecule has 0 spiro atoms. The molecule has 29 heavy (non-hydrogen) atoms. The SMILES string of the molecule is Cc1nc(SCc2nc(N)nc(Nc3ccccc3)n2)n(C[C@H]2CCCO2)c1C. The van der Waals surface area contributed by atoms with E-state index in [1.165, 1.54) is 5.69 Å². The topological polar surface area (TPSA) is 104 Å². The summed E-state index contributed by atoms with van der Waals surface area (Å²) in [6, 6.07) is 9.74. The van der Waals surface area contributed by atoms with Crippen LogP contribution in [0.4, 0.5) is 17.6 Å². The zero-order valence-corrected chi connectivity index (χ0v) is 17.4. The molecule has 1 aromatic carbocycles. The monoisotopic (exact) mass is 411 g/mol. The van der Waals surface area contributed by atoms with Crippen LogP contribution in [0, 0.1) is 13.8 Å². The number of aryl methyl sites for hydroxylation is 1. The second-order valence-corrected chi connectivity index (χ2v) is 7.97. The van der Waals surface area contributed by atoms with Crippen molar-refractivity contribution in [2.75, 3.05) is 17.7 Å². The van der Waals surface area contributed by atoms with Gasteiger partial charge in [-0.25, -0.2) is 4.98 Å². The van der Waals surface area contributed by atoms with Crippen LogP contribution in [0.3, 0.4) is 0 Å². The second kappa shape index (κ2) is 8.79. The van der Waals surface area contributed by atoms with Gasteiger partial charge in [0.2, 0.25) is 11.9 Å². The maximum Gasteiger partial charge on any atom is 0.232 e. The number of rotatable bonds is 7. The number of hydrogen-bond donors (Lipinski definition) is 2. The summed E-state index contributed by atoms with van der Waals surface area (Å²) in [4.78, 5) is 17.7. The first-order valence-electron chi connectivity index (χ1n) is 9.69. The van der Waals surface area contributed by atoms with Crippen LogP contribution >= 0.6 is 11.8 Å². The maximum atomic E-state index is 5.90. The van der Waals surface area contributed by atoms with Gasteiger partial charge in [0, 0.05) is 18.0 Å². The molecule has 0 radical (unpaired) electrons. The Morgan fingerprint density at radius 3 is 2.76 bits per heavy atom. The lowest BCUT2D eigenvalue weighted by Gasteiger charge is -2.14. The first-order chi connectivity index (χ1) is 14.1. The number of thioether (sulfide) groups is 1. The van der Waals surface area contributed by atoms with Gasteiger partial charge < -0.3 is 20.4 Å². The van der Waals surface area contributed by atoms with Crippen LogP contribution in [0.15, 0.2) is 35.5 Å². The normalized spacial score (nSPS) is 16.3. The molecule has 2 aromatic heterocycles. The van der Waals surface area contributed by atoms with Gasteiger partial charge in [-0.2, -0.15) is 15.0 Å². The minimum Gasteiger partial charge on any atom is -0.376 e. The van der Waals surface area contributed by atoms with Crippen LogP contribution in [-0.4, -0.2) is 37.2 Å². The van der Waals surface area contributed by atoms with Crippen molar-refractivity contribution >= 4 is 29.3 Å². The number of benzene rings is 1. The third kappa shape index (κ3) is 4.86. The molecule has 9 heteroatoms. The summed E-state index contributed by atoms with van der Waals surface area (Å²) in [5.74, 6) is 1.80. The number of nitrogen functional groups attached to an aromatic ring is 1. The molecule has 4 rings (SSSR count). The van der Waals surface area contributed by atoms with E-state index < -0.39 is 0 Å². The van der Waals surface area contributed by atoms with Gasteiger partial charge >= 0.3 is 0 Å². The van der Waals surface area contributed by atoms with E-state index in [0.717, 1.165) is 42.5 Å². The van der Waals surface area contributed by atoms with Gasteiger partial charge in [0.15, 0.2) is 5.16 Å². The Morgan fingerprint density at radius 1 is 1.17 bits per heavy atom. The third-order valence-electron chi connectivity index (χ3n) is 4.89. The van der Waals surface area contributed by atoms with Crippen LogP contribution in [0.2, 0.25) is 0 Å². The highest BCUT2D eigenvalue weighted by atomic mass is 32.2. The third-order valence-corrected chi connectivity index (χ3v) is 5.86. The molecular weight excluding hydrogens is 386 g/mol. The van der Waals surface area contributed by atoms with E-state index in [4.69, 9.17) is 15.5 Å². The van der Waals surface area contributed by atoms with Gasteiger partial charge in [-0.05, 0) is 38.8 Å². The van der Waals surface area contributed by atoms with E-state index in [0.29, 0.717) is 17.5 Å². The van der Waals surface area contributed by atoms with Crippen molar-refractivity contribution in [3.63, 3.8) is 0 Å².